The maximum atomic E-state index is 10.9. The van der Waals surface area contributed by atoms with Gasteiger partial charge in [-0.3, -0.25) is 0 Å². The topological polar surface area (TPSA) is 40.5 Å². The molecule has 0 unspecified atom stereocenters. The third-order valence-corrected chi connectivity index (χ3v) is 9.89. The minimum atomic E-state index is -0.170. The summed E-state index contributed by atoms with van der Waals surface area (Å²) in [6.45, 7) is 12.5. The van der Waals surface area contributed by atoms with Gasteiger partial charge in [-0.1, -0.05) is 53.9 Å². The van der Waals surface area contributed by atoms with Crippen LogP contribution in [0.1, 0.15) is 105 Å². The van der Waals surface area contributed by atoms with Gasteiger partial charge in [-0.2, -0.15) is 0 Å². The van der Waals surface area contributed by atoms with Crippen molar-refractivity contribution in [2.45, 2.75) is 111 Å². The first kappa shape index (κ1) is 22.6. The third-order valence-electron chi connectivity index (χ3n) is 9.89. The molecule has 3 aliphatic carbocycles. The Morgan fingerprint density at radius 3 is 2.32 bits per heavy atom. The summed E-state index contributed by atoms with van der Waals surface area (Å²) in [7, 11) is 0. The van der Waals surface area contributed by atoms with E-state index in [1.54, 1.807) is 0 Å². The molecular formula is C26H48O2. The van der Waals surface area contributed by atoms with E-state index in [4.69, 9.17) is 0 Å². The van der Waals surface area contributed by atoms with Crippen molar-refractivity contribution in [2.75, 3.05) is 6.61 Å². The lowest BCUT2D eigenvalue weighted by atomic mass is 9.47. The second-order valence-corrected chi connectivity index (χ2v) is 11.8. The summed E-state index contributed by atoms with van der Waals surface area (Å²) >= 11 is 0. The Morgan fingerprint density at radius 2 is 1.64 bits per heavy atom. The van der Waals surface area contributed by atoms with Crippen molar-refractivity contribution in [1.29, 1.82) is 0 Å². The summed E-state index contributed by atoms with van der Waals surface area (Å²) in [5.41, 5.74) is 0.548. The maximum Gasteiger partial charge on any atom is 0.0596 e. The van der Waals surface area contributed by atoms with E-state index >= 15 is 0 Å². The van der Waals surface area contributed by atoms with Crippen LogP contribution in [-0.2, 0) is 0 Å². The molecule has 2 heteroatoms. The predicted molar refractivity (Wildman–Crippen MR) is 118 cm³/mol. The van der Waals surface area contributed by atoms with Crippen LogP contribution in [-0.4, -0.2) is 22.9 Å². The van der Waals surface area contributed by atoms with Gasteiger partial charge < -0.3 is 10.2 Å². The van der Waals surface area contributed by atoms with E-state index in [0.29, 0.717) is 11.3 Å². The molecule has 0 aromatic rings. The van der Waals surface area contributed by atoms with E-state index in [1.807, 2.05) is 0 Å². The van der Waals surface area contributed by atoms with Gasteiger partial charge in [0.25, 0.3) is 0 Å². The lowest BCUT2D eigenvalue weighted by Crippen LogP contribution is -2.54. The van der Waals surface area contributed by atoms with Crippen molar-refractivity contribution in [1.82, 2.24) is 0 Å². The van der Waals surface area contributed by atoms with Gasteiger partial charge in [0.15, 0.2) is 0 Å². The summed E-state index contributed by atoms with van der Waals surface area (Å²) < 4.78 is 0. The molecule has 0 bridgehead atoms. The average Bonchev–Trinajstić information content (AvgIpc) is 3.00. The SMILES string of the molecule is CC(C)CCC[C@@H](C)[C@H]1CC[C@H]2[C@H]3CC[C@H](O)[C@@](C)(CCCO)[C@@H]3CC[C@]12C. The van der Waals surface area contributed by atoms with Gasteiger partial charge in [-0.05, 0) is 97.7 Å². The van der Waals surface area contributed by atoms with Crippen molar-refractivity contribution in [3.8, 4) is 0 Å². The Labute approximate surface area is 174 Å². The minimum Gasteiger partial charge on any atom is -0.396 e. The van der Waals surface area contributed by atoms with E-state index in [2.05, 4.69) is 34.6 Å². The van der Waals surface area contributed by atoms with Crippen LogP contribution in [0.4, 0.5) is 0 Å². The Hall–Kier alpha value is -0.0800. The zero-order valence-corrected chi connectivity index (χ0v) is 19.4. The number of hydrogen-bond acceptors (Lipinski definition) is 2. The molecule has 28 heavy (non-hydrogen) atoms. The zero-order valence-electron chi connectivity index (χ0n) is 19.4. The van der Waals surface area contributed by atoms with Crippen molar-refractivity contribution >= 4 is 0 Å². The monoisotopic (exact) mass is 392 g/mol. The molecule has 0 amide bonds. The highest BCUT2D eigenvalue weighted by Gasteiger charge is 2.59. The fraction of sp³-hybridized carbons (Fsp3) is 1.00. The highest BCUT2D eigenvalue weighted by molar-refractivity contribution is 5.08. The molecule has 3 aliphatic rings. The molecule has 3 fully saturated rings. The fourth-order valence-corrected chi connectivity index (χ4v) is 8.27. The number of aliphatic hydroxyl groups excluding tert-OH is 2. The van der Waals surface area contributed by atoms with Crippen LogP contribution in [0.25, 0.3) is 0 Å². The summed E-state index contributed by atoms with van der Waals surface area (Å²) in [6, 6.07) is 0. The van der Waals surface area contributed by atoms with Crippen molar-refractivity contribution in [2.24, 2.45) is 46.3 Å². The van der Waals surface area contributed by atoms with Gasteiger partial charge in [0.05, 0.1) is 6.10 Å². The smallest absolute Gasteiger partial charge is 0.0596 e. The second kappa shape index (κ2) is 8.96. The van der Waals surface area contributed by atoms with Gasteiger partial charge in [-0.25, -0.2) is 0 Å². The van der Waals surface area contributed by atoms with E-state index in [0.717, 1.165) is 48.9 Å². The van der Waals surface area contributed by atoms with Crippen molar-refractivity contribution in [3.63, 3.8) is 0 Å². The molecule has 3 saturated carbocycles. The first-order valence-corrected chi connectivity index (χ1v) is 12.5. The lowest BCUT2D eigenvalue weighted by Gasteiger charge is -2.58. The van der Waals surface area contributed by atoms with Crippen molar-refractivity contribution in [3.05, 3.63) is 0 Å². The van der Waals surface area contributed by atoms with Crippen LogP contribution in [0.5, 0.6) is 0 Å². The summed E-state index contributed by atoms with van der Waals surface area (Å²) in [4.78, 5) is 0. The van der Waals surface area contributed by atoms with Crippen LogP contribution in [0.15, 0.2) is 0 Å². The van der Waals surface area contributed by atoms with Crippen LogP contribution in [0, 0.1) is 46.3 Å². The molecule has 3 rings (SSSR count). The predicted octanol–water partition coefficient (Wildman–Crippen LogP) is 6.44. The van der Waals surface area contributed by atoms with E-state index in [1.165, 1.54) is 51.4 Å². The minimum absolute atomic E-state index is 0.0218. The van der Waals surface area contributed by atoms with E-state index in [9.17, 15) is 10.2 Å². The Morgan fingerprint density at radius 1 is 0.893 bits per heavy atom. The summed E-state index contributed by atoms with van der Waals surface area (Å²) in [5, 5.41) is 20.3. The molecule has 164 valence electrons. The second-order valence-electron chi connectivity index (χ2n) is 11.8. The molecule has 8 atom stereocenters. The van der Waals surface area contributed by atoms with Gasteiger partial charge in [-0.15, -0.1) is 0 Å². The third kappa shape index (κ3) is 4.07. The highest BCUT2D eigenvalue weighted by Crippen LogP contribution is 2.66. The van der Waals surface area contributed by atoms with E-state index in [-0.39, 0.29) is 18.1 Å². The van der Waals surface area contributed by atoms with Crippen LogP contribution in [0.3, 0.4) is 0 Å². The van der Waals surface area contributed by atoms with Gasteiger partial charge in [0, 0.05) is 6.61 Å². The van der Waals surface area contributed by atoms with Gasteiger partial charge in [0.2, 0.25) is 0 Å². The molecule has 0 heterocycles. The number of fused-ring (bicyclic) bond motifs is 3. The highest BCUT2D eigenvalue weighted by atomic mass is 16.3. The molecule has 0 aromatic heterocycles. The molecule has 0 spiro atoms. The maximum absolute atomic E-state index is 10.9. The molecular weight excluding hydrogens is 344 g/mol. The van der Waals surface area contributed by atoms with Crippen LogP contribution >= 0.6 is 0 Å². The Kier molecular flexibility index (Phi) is 7.24. The zero-order chi connectivity index (χ0) is 20.5. The van der Waals surface area contributed by atoms with Gasteiger partial charge in [0.1, 0.15) is 0 Å². The van der Waals surface area contributed by atoms with Crippen LogP contribution < -0.4 is 0 Å². The average molecular weight is 393 g/mol. The molecule has 0 saturated heterocycles. The lowest BCUT2D eigenvalue weighted by molar-refractivity contribution is -0.133. The molecule has 2 nitrogen and oxygen atoms in total. The quantitative estimate of drug-likeness (QED) is 0.499. The van der Waals surface area contributed by atoms with Gasteiger partial charge >= 0.3 is 0 Å². The standard InChI is InChI=1S/C26H48O2/c1-18(2)8-6-9-19(3)21-11-12-22-20-10-13-24(28)26(5,15-7-17-27)23(20)14-16-25(21,22)4/h18-24,27-28H,6-17H2,1-5H3/t19-,20-,21-,22+,23-,24+,25-,26+/m1/s1. The number of aliphatic hydroxyl groups is 2. The first-order valence-electron chi connectivity index (χ1n) is 12.5. The van der Waals surface area contributed by atoms with E-state index < -0.39 is 0 Å². The summed E-state index contributed by atoms with van der Waals surface area (Å²) in [5.74, 6) is 4.93. The Balaban J connectivity index is 1.71. The molecule has 0 aromatic carbocycles. The fourth-order valence-electron chi connectivity index (χ4n) is 8.27. The normalized spacial score (nSPS) is 44.4. The molecule has 0 radical (unpaired) electrons. The Bertz CT molecular complexity index is 503. The summed E-state index contributed by atoms with van der Waals surface area (Å²) in [6.07, 6.45) is 13.6. The van der Waals surface area contributed by atoms with Crippen molar-refractivity contribution < 1.29 is 10.2 Å². The molecule has 0 aliphatic heterocycles. The number of hydrogen-bond donors (Lipinski definition) is 2. The first-order chi connectivity index (χ1) is 13.2. The van der Waals surface area contributed by atoms with Crippen LogP contribution in [0.2, 0.25) is 0 Å². The molecule has 2 N–H and O–H groups in total. The largest absolute Gasteiger partial charge is 0.396 e. The number of rotatable bonds is 8.